The van der Waals surface area contributed by atoms with E-state index in [2.05, 4.69) is 60.8 Å². The van der Waals surface area contributed by atoms with E-state index in [1.165, 1.54) is 5.56 Å². The summed E-state index contributed by atoms with van der Waals surface area (Å²) in [5.41, 5.74) is 1.50. The summed E-state index contributed by atoms with van der Waals surface area (Å²) in [6.45, 7) is 2.25. The molecule has 0 radical (unpaired) electrons. The fourth-order valence-corrected chi connectivity index (χ4v) is 3.12. The Morgan fingerprint density at radius 1 is 1.25 bits per heavy atom. The van der Waals surface area contributed by atoms with Crippen LogP contribution >= 0.6 is 47.8 Å². The lowest BCUT2D eigenvalue weighted by Crippen LogP contribution is -2.23. The Labute approximate surface area is 122 Å². The number of alkyl halides is 2. The summed E-state index contributed by atoms with van der Waals surface area (Å²) < 4.78 is 6.39. The van der Waals surface area contributed by atoms with Crippen molar-refractivity contribution in [1.82, 2.24) is 0 Å². The topological polar surface area (TPSA) is 9.23 Å². The molecule has 0 saturated carbocycles. The van der Waals surface area contributed by atoms with Crippen molar-refractivity contribution >= 4 is 47.8 Å². The maximum absolute atomic E-state index is 5.25. The van der Waals surface area contributed by atoms with Crippen LogP contribution < -0.4 is 4.74 Å². The number of halogens is 3. The first kappa shape index (κ1) is 14.5. The van der Waals surface area contributed by atoms with Crippen LogP contribution in [0, 0.1) is 5.41 Å². The minimum absolute atomic E-state index is 0.217. The van der Waals surface area contributed by atoms with Crippen molar-refractivity contribution in [3.05, 3.63) is 28.2 Å². The molecule has 0 N–H and O–H groups in total. The highest BCUT2D eigenvalue weighted by Gasteiger charge is 2.23. The van der Waals surface area contributed by atoms with Gasteiger partial charge in [0.05, 0.1) is 7.11 Å². The highest BCUT2D eigenvalue weighted by atomic mass is 79.9. The fraction of sp³-hybridized carbons (Fsp3) is 0.500. The molecule has 16 heavy (non-hydrogen) atoms. The number of ether oxygens (including phenoxy) is 1. The number of methoxy groups -OCH3 is 1. The fourth-order valence-electron chi connectivity index (χ4n) is 1.40. The SMILES string of the molecule is COc1ccc(Br)c(CC(C)(CBr)CBr)c1. The van der Waals surface area contributed by atoms with Crippen LogP contribution in [0.2, 0.25) is 0 Å². The van der Waals surface area contributed by atoms with E-state index in [4.69, 9.17) is 4.74 Å². The van der Waals surface area contributed by atoms with Crippen molar-refractivity contribution in [1.29, 1.82) is 0 Å². The molecule has 1 aromatic carbocycles. The van der Waals surface area contributed by atoms with Gasteiger partial charge >= 0.3 is 0 Å². The zero-order chi connectivity index (χ0) is 12.2. The van der Waals surface area contributed by atoms with Gasteiger partial charge in [-0.25, -0.2) is 0 Å². The number of benzene rings is 1. The molecule has 0 bridgehead atoms. The molecule has 1 aromatic rings. The van der Waals surface area contributed by atoms with E-state index in [1.807, 2.05) is 12.1 Å². The average Bonchev–Trinajstić information content (AvgIpc) is 2.32. The molecule has 1 rings (SSSR count). The second-order valence-electron chi connectivity index (χ2n) is 4.21. The van der Waals surface area contributed by atoms with Crippen molar-refractivity contribution in [2.45, 2.75) is 13.3 Å². The Morgan fingerprint density at radius 2 is 1.88 bits per heavy atom. The second kappa shape index (κ2) is 6.41. The van der Waals surface area contributed by atoms with E-state index in [-0.39, 0.29) is 5.41 Å². The maximum atomic E-state index is 5.25. The van der Waals surface area contributed by atoms with Crippen molar-refractivity contribution in [2.75, 3.05) is 17.8 Å². The van der Waals surface area contributed by atoms with Crippen molar-refractivity contribution < 1.29 is 4.74 Å². The van der Waals surface area contributed by atoms with Crippen LogP contribution in [-0.4, -0.2) is 17.8 Å². The van der Waals surface area contributed by atoms with Crippen molar-refractivity contribution in [2.24, 2.45) is 5.41 Å². The van der Waals surface area contributed by atoms with Crippen LogP contribution in [0.5, 0.6) is 5.75 Å². The molecule has 4 heteroatoms. The third kappa shape index (κ3) is 3.74. The Bertz CT molecular complexity index is 348. The predicted molar refractivity (Wildman–Crippen MR) is 80.1 cm³/mol. The molecule has 0 amide bonds. The van der Waals surface area contributed by atoms with Crippen LogP contribution in [0.4, 0.5) is 0 Å². The lowest BCUT2D eigenvalue weighted by Gasteiger charge is -2.25. The minimum atomic E-state index is 0.217. The van der Waals surface area contributed by atoms with Crippen LogP contribution in [-0.2, 0) is 6.42 Å². The lowest BCUT2D eigenvalue weighted by atomic mass is 9.88. The Hall–Kier alpha value is 0.460. The zero-order valence-electron chi connectivity index (χ0n) is 9.40. The molecule has 0 aromatic heterocycles. The van der Waals surface area contributed by atoms with Gasteiger partial charge in [-0.3, -0.25) is 0 Å². The summed E-state index contributed by atoms with van der Waals surface area (Å²) in [7, 11) is 1.70. The largest absolute Gasteiger partial charge is 0.497 e. The van der Waals surface area contributed by atoms with E-state index in [9.17, 15) is 0 Å². The Morgan fingerprint density at radius 3 is 2.38 bits per heavy atom. The molecule has 0 fully saturated rings. The van der Waals surface area contributed by atoms with Crippen LogP contribution in [0.15, 0.2) is 22.7 Å². The van der Waals surface area contributed by atoms with Gasteiger partial charge < -0.3 is 4.74 Å². The first-order valence-electron chi connectivity index (χ1n) is 4.99. The molecule has 0 unspecified atom stereocenters. The van der Waals surface area contributed by atoms with Gasteiger partial charge in [0.15, 0.2) is 0 Å². The third-order valence-electron chi connectivity index (χ3n) is 2.52. The molecular weight excluding hydrogens is 400 g/mol. The van der Waals surface area contributed by atoms with Crippen molar-refractivity contribution in [3.63, 3.8) is 0 Å². The molecule has 0 aliphatic rings. The molecule has 0 spiro atoms. The first-order valence-corrected chi connectivity index (χ1v) is 8.02. The third-order valence-corrected chi connectivity index (χ3v) is 6.00. The van der Waals surface area contributed by atoms with Gasteiger partial charge in [0.25, 0.3) is 0 Å². The number of hydrogen-bond donors (Lipinski definition) is 0. The molecule has 0 aliphatic heterocycles. The maximum Gasteiger partial charge on any atom is 0.119 e. The van der Waals surface area contributed by atoms with E-state index >= 15 is 0 Å². The summed E-state index contributed by atoms with van der Waals surface area (Å²) >= 11 is 10.7. The molecule has 0 heterocycles. The first-order chi connectivity index (χ1) is 7.54. The van der Waals surface area contributed by atoms with Crippen LogP contribution in [0.25, 0.3) is 0 Å². The van der Waals surface area contributed by atoms with E-state index in [1.54, 1.807) is 7.11 Å². The molecule has 0 aliphatic carbocycles. The summed E-state index contributed by atoms with van der Waals surface area (Å²) in [6.07, 6.45) is 1.00. The Kier molecular flexibility index (Phi) is 5.82. The average molecular weight is 415 g/mol. The molecule has 0 atom stereocenters. The van der Waals surface area contributed by atoms with E-state index in [0.717, 1.165) is 27.3 Å². The summed E-state index contributed by atoms with van der Waals surface area (Å²) in [5.74, 6) is 0.907. The highest BCUT2D eigenvalue weighted by Crippen LogP contribution is 2.32. The van der Waals surface area contributed by atoms with Gasteiger partial charge in [0, 0.05) is 15.1 Å². The van der Waals surface area contributed by atoms with Gasteiger partial charge in [0.2, 0.25) is 0 Å². The number of rotatable bonds is 5. The van der Waals surface area contributed by atoms with E-state index in [0.29, 0.717) is 0 Å². The van der Waals surface area contributed by atoms with E-state index < -0.39 is 0 Å². The summed E-state index contributed by atoms with van der Waals surface area (Å²) in [6, 6.07) is 6.10. The molecule has 90 valence electrons. The summed E-state index contributed by atoms with van der Waals surface area (Å²) in [4.78, 5) is 0. The standard InChI is InChI=1S/C12H15Br3O/c1-12(7-13,8-14)6-9-5-10(16-2)3-4-11(9)15/h3-5H,6-8H2,1-2H3. The lowest BCUT2D eigenvalue weighted by molar-refractivity contribution is 0.410. The van der Waals surface area contributed by atoms with Gasteiger partial charge in [-0.15, -0.1) is 0 Å². The van der Waals surface area contributed by atoms with Gasteiger partial charge in [-0.1, -0.05) is 54.7 Å². The normalized spacial score (nSPS) is 11.6. The van der Waals surface area contributed by atoms with Crippen LogP contribution in [0.3, 0.4) is 0 Å². The quantitative estimate of drug-likeness (QED) is 0.629. The smallest absolute Gasteiger partial charge is 0.119 e. The Balaban J connectivity index is 2.95. The van der Waals surface area contributed by atoms with Crippen molar-refractivity contribution in [3.8, 4) is 5.75 Å². The van der Waals surface area contributed by atoms with Gasteiger partial charge in [-0.05, 0) is 35.6 Å². The number of hydrogen-bond acceptors (Lipinski definition) is 1. The monoisotopic (exact) mass is 412 g/mol. The van der Waals surface area contributed by atoms with Gasteiger partial charge in [0.1, 0.15) is 5.75 Å². The molecule has 1 nitrogen and oxygen atoms in total. The predicted octanol–water partition coefficient (Wildman–Crippen LogP) is 4.80. The van der Waals surface area contributed by atoms with Gasteiger partial charge in [-0.2, -0.15) is 0 Å². The summed E-state index contributed by atoms with van der Waals surface area (Å²) in [5, 5.41) is 1.93. The molecule has 0 saturated heterocycles. The van der Waals surface area contributed by atoms with Crippen LogP contribution in [0.1, 0.15) is 12.5 Å². The minimum Gasteiger partial charge on any atom is -0.497 e. The highest BCUT2D eigenvalue weighted by molar-refractivity contribution is 9.10. The second-order valence-corrected chi connectivity index (χ2v) is 6.19. The zero-order valence-corrected chi connectivity index (χ0v) is 14.2. The molecular formula is C12H15Br3O.